The minimum absolute atomic E-state index is 0.0489. The molecule has 1 aliphatic rings. The number of amides is 2. The minimum atomic E-state index is -0.457. The van der Waals surface area contributed by atoms with Crippen LogP contribution in [0.3, 0.4) is 0 Å². The first kappa shape index (κ1) is 22.9. The first-order valence-corrected chi connectivity index (χ1v) is 10.5. The highest BCUT2D eigenvalue weighted by molar-refractivity contribution is 5.96. The van der Waals surface area contributed by atoms with Crippen LogP contribution in [0.1, 0.15) is 35.1 Å². The first-order chi connectivity index (χ1) is 14.8. The van der Waals surface area contributed by atoms with Crippen molar-refractivity contribution in [1.82, 2.24) is 10.6 Å². The number of ether oxygens (including phenoxy) is 1. The molecule has 2 amide bonds. The highest BCUT2D eigenvalue weighted by Crippen LogP contribution is 2.32. The fraction of sp³-hybridized carbons (Fsp3) is 0.417. The third kappa shape index (κ3) is 5.89. The lowest BCUT2D eigenvalue weighted by Gasteiger charge is -2.38. The number of benzene rings is 2. The molecule has 0 aromatic heterocycles. The third-order valence-electron chi connectivity index (χ3n) is 5.72. The molecule has 31 heavy (non-hydrogen) atoms. The predicted octanol–water partition coefficient (Wildman–Crippen LogP) is 3.10. The third-order valence-corrected chi connectivity index (χ3v) is 5.72. The standard InChI is InChI=1S/C24H30FN3O3/c1-16-12-17(2)23(18(3)13-16)28-22(30)14-26-21(29)15-27-24(8-10-31-11-9-24)19-4-6-20(25)7-5-19/h4-7,12-13,27H,8-11,14-15H2,1-3H3,(H,26,29)(H,28,30). The lowest BCUT2D eigenvalue weighted by atomic mass is 9.82. The monoisotopic (exact) mass is 427 g/mol. The molecule has 3 N–H and O–H groups in total. The zero-order valence-corrected chi connectivity index (χ0v) is 18.3. The second kappa shape index (κ2) is 10.0. The summed E-state index contributed by atoms with van der Waals surface area (Å²) >= 11 is 0. The van der Waals surface area contributed by atoms with Gasteiger partial charge in [0.15, 0.2) is 0 Å². The maximum atomic E-state index is 13.3. The Morgan fingerprint density at radius 1 is 0.968 bits per heavy atom. The second-order valence-electron chi connectivity index (χ2n) is 8.15. The molecule has 0 unspecified atom stereocenters. The summed E-state index contributed by atoms with van der Waals surface area (Å²) in [5.41, 5.74) is 4.35. The van der Waals surface area contributed by atoms with Crippen molar-refractivity contribution in [2.24, 2.45) is 0 Å². The number of rotatable bonds is 7. The normalized spacial score (nSPS) is 15.4. The van der Waals surface area contributed by atoms with E-state index < -0.39 is 5.54 Å². The SMILES string of the molecule is Cc1cc(C)c(NC(=O)CNC(=O)CNC2(c3ccc(F)cc3)CCOCC2)c(C)c1. The molecule has 0 saturated carbocycles. The first-order valence-electron chi connectivity index (χ1n) is 10.5. The second-order valence-corrected chi connectivity index (χ2v) is 8.15. The quantitative estimate of drug-likeness (QED) is 0.635. The summed E-state index contributed by atoms with van der Waals surface area (Å²) in [6.45, 7) is 6.96. The lowest BCUT2D eigenvalue weighted by molar-refractivity contribution is -0.124. The van der Waals surface area contributed by atoms with Crippen LogP contribution in [-0.4, -0.2) is 38.1 Å². The molecule has 0 radical (unpaired) electrons. The summed E-state index contributed by atoms with van der Waals surface area (Å²) in [4.78, 5) is 24.7. The highest BCUT2D eigenvalue weighted by atomic mass is 19.1. The van der Waals surface area contributed by atoms with Crippen molar-refractivity contribution in [1.29, 1.82) is 0 Å². The van der Waals surface area contributed by atoms with E-state index in [9.17, 15) is 14.0 Å². The Morgan fingerprint density at radius 2 is 1.58 bits per heavy atom. The Morgan fingerprint density at radius 3 is 2.19 bits per heavy atom. The summed E-state index contributed by atoms with van der Waals surface area (Å²) in [5, 5.41) is 8.87. The molecule has 1 aliphatic heterocycles. The van der Waals surface area contributed by atoms with Gasteiger partial charge in [0, 0.05) is 24.4 Å². The van der Waals surface area contributed by atoms with Crippen LogP contribution in [-0.2, 0) is 19.9 Å². The predicted molar refractivity (Wildman–Crippen MR) is 118 cm³/mol. The van der Waals surface area contributed by atoms with Crippen LogP contribution >= 0.6 is 0 Å². The molecule has 0 bridgehead atoms. The number of hydrogen-bond donors (Lipinski definition) is 3. The molecule has 7 heteroatoms. The number of halogens is 1. The van der Waals surface area contributed by atoms with Gasteiger partial charge in [-0.3, -0.25) is 14.9 Å². The van der Waals surface area contributed by atoms with Gasteiger partial charge in [-0.25, -0.2) is 4.39 Å². The van der Waals surface area contributed by atoms with Crippen LogP contribution in [0.25, 0.3) is 0 Å². The van der Waals surface area contributed by atoms with E-state index in [1.807, 2.05) is 32.9 Å². The summed E-state index contributed by atoms with van der Waals surface area (Å²) < 4.78 is 18.8. The molecule has 1 fully saturated rings. The van der Waals surface area contributed by atoms with E-state index in [0.717, 1.165) is 27.9 Å². The van der Waals surface area contributed by atoms with Crippen molar-refractivity contribution >= 4 is 17.5 Å². The number of aryl methyl sites for hydroxylation is 3. The van der Waals surface area contributed by atoms with Gasteiger partial charge in [-0.05, 0) is 62.4 Å². The number of anilines is 1. The van der Waals surface area contributed by atoms with E-state index in [-0.39, 0.29) is 30.7 Å². The Kier molecular flexibility index (Phi) is 7.41. The summed E-state index contributed by atoms with van der Waals surface area (Å²) in [6, 6.07) is 10.3. The van der Waals surface area contributed by atoms with Gasteiger partial charge in [-0.2, -0.15) is 0 Å². The van der Waals surface area contributed by atoms with E-state index >= 15 is 0 Å². The van der Waals surface area contributed by atoms with E-state index in [4.69, 9.17) is 4.74 Å². The van der Waals surface area contributed by atoms with Gasteiger partial charge in [-0.15, -0.1) is 0 Å². The molecule has 1 heterocycles. The van der Waals surface area contributed by atoms with Crippen molar-refractivity contribution in [2.75, 3.05) is 31.6 Å². The van der Waals surface area contributed by atoms with Gasteiger partial charge in [-0.1, -0.05) is 29.8 Å². The molecule has 2 aromatic carbocycles. The van der Waals surface area contributed by atoms with Gasteiger partial charge in [0.25, 0.3) is 0 Å². The fourth-order valence-electron chi connectivity index (χ4n) is 4.11. The molecule has 166 valence electrons. The van der Waals surface area contributed by atoms with Gasteiger partial charge >= 0.3 is 0 Å². The van der Waals surface area contributed by atoms with Crippen LogP contribution in [0.4, 0.5) is 10.1 Å². The smallest absolute Gasteiger partial charge is 0.243 e. The average Bonchev–Trinajstić information content (AvgIpc) is 2.74. The number of nitrogens with one attached hydrogen (secondary N) is 3. The minimum Gasteiger partial charge on any atom is -0.381 e. The molecule has 0 aliphatic carbocycles. The molecular formula is C24H30FN3O3. The Balaban J connectivity index is 1.55. The van der Waals surface area contributed by atoms with E-state index in [1.54, 1.807) is 12.1 Å². The average molecular weight is 428 g/mol. The number of carbonyl (C=O) groups excluding carboxylic acids is 2. The topological polar surface area (TPSA) is 79.5 Å². The van der Waals surface area contributed by atoms with E-state index in [2.05, 4.69) is 16.0 Å². The zero-order valence-electron chi connectivity index (χ0n) is 18.3. The molecule has 2 aromatic rings. The lowest BCUT2D eigenvalue weighted by Crippen LogP contribution is -2.50. The van der Waals surface area contributed by atoms with Gasteiger partial charge in [0.05, 0.1) is 13.1 Å². The molecule has 1 saturated heterocycles. The summed E-state index contributed by atoms with van der Waals surface area (Å²) in [5.74, 6) is -0.850. The van der Waals surface area contributed by atoms with Crippen LogP contribution in [0.5, 0.6) is 0 Å². The molecule has 0 atom stereocenters. The fourth-order valence-corrected chi connectivity index (χ4v) is 4.11. The van der Waals surface area contributed by atoms with Gasteiger partial charge in [0.2, 0.25) is 11.8 Å². The van der Waals surface area contributed by atoms with Crippen LogP contribution in [0.2, 0.25) is 0 Å². The van der Waals surface area contributed by atoms with E-state index in [0.29, 0.717) is 26.1 Å². The Bertz CT molecular complexity index is 915. The highest BCUT2D eigenvalue weighted by Gasteiger charge is 2.34. The summed E-state index contributed by atoms with van der Waals surface area (Å²) in [6.07, 6.45) is 1.36. The number of hydrogen-bond acceptors (Lipinski definition) is 4. The van der Waals surface area contributed by atoms with Crippen molar-refractivity contribution in [3.63, 3.8) is 0 Å². The van der Waals surface area contributed by atoms with Crippen LogP contribution in [0, 0.1) is 26.6 Å². The van der Waals surface area contributed by atoms with E-state index in [1.165, 1.54) is 12.1 Å². The molecular weight excluding hydrogens is 397 g/mol. The molecule has 6 nitrogen and oxygen atoms in total. The largest absolute Gasteiger partial charge is 0.381 e. The van der Waals surface area contributed by atoms with Crippen molar-refractivity contribution < 1.29 is 18.7 Å². The van der Waals surface area contributed by atoms with Crippen LogP contribution in [0.15, 0.2) is 36.4 Å². The number of carbonyl (C=O) groups is 2. The van der Waals surface area contributed by atoms with Crippen molar-refractivity contribution in [3.05, 3.63) is 64.5 Å². The zero-order chi connectivity index (χ0) is 22.4. The van der Waals surface area contributed by atoms with Crippen molar-refractivity contribution in [3.8, 4) is 0 Å². The van der Waals surface area contributed by atoms with Crippen LogP contribution < -0.4 is 16.0 Å². The Hall–Kier alpha value is -2.77. The molecule has 0 spiro atoms. The van der Waals surface area contributed by atoms with Gasteiger partial charge in [0.1, 0.15) is 5.82 Å². The Labute approximate surface area is 182 Å². The van der Waals surface area contributed by atoms with Crippen molar-refractivity contribution in [2.45, 2.75) is 39.2 Å². The molecule has 3 rings (SSSR count). The maximum Gasteiger partial charge on any atom is 0.243 e. The maximum absolute atomic E-state index is 13.3. The summed E-state index contributed by atoms with van der Waals surface area (Å²) in [7, 11) is 0. The van der Waals surface area contributed by atoms with Gasteiger partial charge < -0.3 is 15.4 Å².